The van der Waals surface area contributed by atoms with Gasteiger partial charge in [-0.05, 0) is 52.7 Å². The molecule has 2 rings (SSSR count). The molecule has 0 saturated carbocycles. The van der Waals surface area contributed by atoms with Crippen LogP contribution in [0.3, 0.4) is 0 Å². The number of hydrogen-bond acceptors (Lipinski definition) is 3. The molecule has 0 aliphatic carbocycles. The van der Waals surface area contributed by atoms with Crippen LogP contribution in [-0.2, 0) is 0 Å². The van der Waals surface area contributed by atoms with Crippen LogP contribution in [0.2, 0.25) is 0 Å². The van der Waals surface area contributed by atoms with Crippen molar-refractivity contribution in [3.63, 3.8) is 0 Å². The zero-order valence-corrected chi connectivity index (χ0v) is 11.7. The third-order valence-electron chi connectivity index (χ3n) is 2.29. The molecule has 0 bridgehead atoms. The van der Waals surface area contributed by atoms with Crippen molar-refractivity contribution in [1.82, 2.24) is 4.98 Å². The molecule has 0 saturated heterocycles. The fourth-order valence-electron chi connectivity index (χ4n) is 1.38. The van der Waals surface area contributed by atoms with E-state index in [0.29, 0.717) is 0 Å². The standard InChI is InChI=1S/C13H12BrNOS/c1-9(16)10-5-6-12(11(14)8-10)17-13-4-2-3-7-15-13/h2-9,16H,1H3. The molecule has 1 unspecified atom stereocenters. The maximum absolute atomic E-state index is 9.49. The van der Waals surface area contributed by atoms with Crippen molar-refractivity contribution < 1.29 is 5.11 Å². The average Bonchev–Trinajstić information content (AvgIpc) is 2.33. The number of nitrogens with zero attached hydrogens (tertiary/aromatic N) is 1. The van der Waals surface area contributed by atoms with Crippen molar-refractivity contribution in [3.8, 4) is 0 Å². The van der Waals surface area contributed by atoms with E-state index in [1.165, 1.54) is 0 Å². The number of rotatable bonds is 3. The quantitative estimate of drug-likeness (QED) is 0.928. The summed E-state index contributed by atoms with van der Waals surface area (Å²) in [5, 5.41) is 10.4. The van der Waals surface area contributed by atoms with Gasteiger partial charge >= 0.3 is 0 Å². The molecular formula is C13H12BrNOS. The van der Waals surface area contributed by atoms with Gasteiger partial charge < -0.3 is 5.11 Å². The first-order chi connectivity index (χ1) is 8.16. The van der Waals surface area contributed by atoms with Crippen LogP contribution in [0, 0.1) is 0 Å². The maximum atomic E-state index is 9.49. The first-order valence-corrected chi connectivity index (χ1v) is 6.84. The predicted molar refractivity (Wildman–Crippen MR) is 73.1 cm³/mol. The number of aliphatic hydroxyl groups is 1. The molecule has 0 amide bonds. The van der Waals surface area contributed by atoms with Gasteiger partial charge in [-0.2, -0.15) is 0 Å². The van der Waals surface area contributed by atoms with Crippen LogP contribution in [0.15, 0.2) is 57.0 Å². The Labute approximate surface area is 113 Å². The van der Waals surface area contributed by atoms with E-state index >= 15 is 0 Å². The van der Waals surface area contributed by atoms with E-state index in [1.54, 1.807) is 24.9 Å². The van der Waals surface area contributed by atoms with Gasteiger partial charge in [0, 0.05) is 15.6 Å². The minimum atomic E-state index is -0.444. The summed E-state index contributed by atoms with van der Waals surface area (Å²) < 4.78 is 0.978. The topological polar surface area (TPSA) is 33.1 Å². The molecule has 88 valence electrons. The highest BCUT2D eigenvalue weighted by molar-refractivity contribution is 9.10. The third kappa shape index (κ3) is 3.31. The first-order valence-electron chi connectivity index (χ1n) is 5.23. The zero-order valence-electron chi connectivity index (χ0n) is 9.30. The number of pyridine rings is 1. The van der Waals surface area contributed by atoms with Gasteiger partial charge in [0.1, 0.15) is 5.03 Å². The van der Waals surface area contributed by atoms with E-state index in [4.69, 9.17) is 0 Å². The van der Waals surface area contributed by atoms with Gasteiger partial charge in [-0.1, -0.05) is 23.9 Å². The van der Waals surface area contributed by atoms with Gasteiger partial charge in [0.15, 0.2) is 0 Å². The lowest BCUT2D eigenvalue weighted by atomic mass is 10.1. The second-order valence-corrected chi connectivity index (χ2v) is 5.55. The zero-order chi connectivity index (χ0) is 12.3. The van der Waals surface area contributed by atoms with Gasteiger partial charge in [-0.25, -0.2) is 4.98 Å². The van der Waals surface area contributed by atoms with E-state index in [1.807, 2.05) is 36.4 Å². The smallest absolute Gasteiger partial charge is 0.101 e. The molecule has 1 atom stereocenters. The summed E-state index contributed by atoms with van der Waals surface area (Å²) in [5.74, 6) is 0. The molecule has 0 spiro atoms. The highest BCUT2D eigenvalue weighted by Gasteiger charge is 2.07. The van der Waals surface area contributed by atoms with E-state index in [0.717, 1.165) is 20.0 Å². The second kappa shape index (κ2) is 5.67. The predicted octanol–water partition coefficient (Wildman–Crippen LogP) is 4.05. The monoisotopic (exact) mass is 309 g/mol. The van der Waals surface area contributed by atoms with Crippen LogP contribution in [0.4, 0.5) is 0 Å². The van der Waals surface area contributed by atoms with Crippen LogP contribution < -0.4 is 0 Å². The highest BCUT2D eigenvalue weighted by Crippen LogP contribution is 2.33. The fraction of sp³-hybridized carbons (Fsp3) is 0.154. The van der Waals surface area contributed by atoms with E-state index in [2.05, 4.69) is 20.9 Å². The molecule has 1 N–H and O–H groups in total. The maximum Gasteiger partial charge on any atom is 0.101 e. The van der Waals surface area contributed by atoms with E-state index in [9.17, 15) is 5.11 Å². The lowest BCUT2D eigenvalue weighted by molar-refractivity contribution is 0.199. The molecule has 1 aromatic heterocycles. The molecule has 4 heteroatoms. The van der Waals surface area contributed by atoms with Crippen LogP contribution in [0.1, 0.15) is 18.6 Å². The number of halogens is 1. The highest BCUT2D eigenvalue weighted by atomic mass is 79.9. The first kappa shape index (κ1) is 12.6. The molecule has 2 aromatic rings. The molecule has 0 aliphatic heterocycles. The Morgan fingerprint density at radius 3 is 2.71 bits per heavy atom. The van der Waals surface area contributed by atoms with Gasteiger partial charge in [-0.15, -0.1) is 0 Å². The van der Waals surface area contributed by atoms with Crippen LogP contribution in [0.5, 0.6) is 0 Å². The van der Waals surface area contributed by atoms with Crippen molar-refractivity contribution >= 4 is 27.7 Å². The van der Waals surface area contributed by atoms with E-state index in [-0.39, 0.29) is 0 Å². The minimum Gasteiger partial charge on any atom is -0.389 e. The Morgan fingerprint density at radius 1 is 1.29 bits per heavy atom. The summed E-state index contributed by atoms with van der Waals surface area (Å²) in [7, 11) is 0. The molecule has 1 heterocycles. The molecule has 17 heavy (non-hydrogen) atoms. The Hall–Kier alpha value is -0.840. The normalized spacial score (nSPS) is 12.4. The largest absolute Gasteiger partial charge is 0.389 e. The summed E-state index contributed by atoms with van der Waals surface area (Å²) in [6.07, 6.45) is 1.33. The summed E-state index contributed by atoms with van der Waals surface area (Å²) >= 11 is 5.11. The van der Waals surface area contributed by atoms with Crippen molar-refractivity contribution in [2.45, 2.75) is 22.9 Å². The van der Waals surface area contributed by atoms with Gasteiger partial charge in [0.2, 0.25) is 0 Å². The molecule has 1 aromatic carbocycles. The van der Waals surface area contributed by atoms with Gasteiger partial charge in [0.05, 0.1) is 6.10 Å². The summed E-state index contributed by atoms with van der Waals surface area (Å²) in [6, 6.07) is 11.7. The summed E-state index contributed by atoms with van der Waals surface area (Å²) in [4.78, 5) is 5.36. The Kier molecular flexibility index (Phi) is 4.20. The molecule has 0 aliphatic rings. The SMILES string of the molecule is CC(O)c1ccc(Sc2ccccn2)c(Br)c1. The molecule has 0 fully saturated rings. The summed E-state index contributed by atoms with van der Waals surface area (Å²) in [5.41, 5.74) is 0.905. The van der Waals surface area contributed by atoms with Crippen molar-refractivity contribution in [1.29, 1.82) is 0 Å². The lowest BCUT2D eigenvalue weighted by Crippen LogP contribution is -1.91. The third-order valence-corrected chi connectivity index (χ3v) is 4.24. The number of hydrogen-bond donors (Lipinski definition) is 1. The summed E-state index contributed by atoms with van der Waals surface area (Å²) in [6.45, 7) is 1.76. The molecule has 2 nitrogen and oxygen atoms in total. The fourth-order valence-corrected chi connectivity index (χ4v) is 2.80. The Morgan fingerprint density at radius 2 is 2.12 bits per heavy atom. The van der Waals surface area contributed by atoms with Crippen LogP contribution >= 0.6 is 27.7 Å². The van der Waals surface area contributed by atoms with Gasteiger partial charge in [-0.3, -0.25) is 0 Å². The Balaban J connectivity index is 2.23. The van der Waals surface area contributed by atoms with Crippen LogP contribution in [0.25, 0.3) is 0 Å². The number of benzene rings is 1. The lowest BCUT2D eigenvalue weighted by Gasteiger charge is -2.08. The minimum absolute atomic E-state index is 0.444. The Bertz CT molecular complexity index is 502. The number of aromatic nitrogens is 1. The number of aliphatic hydroxyl groups excluding tert-OH is 1. The van der Waals surface area contributed by atoms with Crippen LogP contribution in [-0.4, -0.2) is 10.1 Å². The molecular weight excluding hydrogens is 298 g/mol. The van der Waals surface area contributed by atoms with E-state index < -0.39 is 6.10 Å². The molecule has 0 radical (unpaired) electrons. The second-order valence-electron chi connectivity index (χ2n) is 3.64. The average molecular weight is 310 g/mol. The van der Waals surface area contributed by atoms with Crippen molar-refractivity contribution in [2.24, 2.45) is 0 Å². The van der Waals surface area contributed by atoms with Crippen molar-refractivity contribution in [3.05, 3.63) is 52.6 Å². The van der Waals surface area contributed by atoms with Crippen molar-refractivity contribution in [2.75, 3.05) is 0 Å². The van der Waals surface area contributed by atoms with Gasteiger partial charge in [0.25, 0.3) is 0 Å².